The molecule has 1 aromatic rings. The fourth-order valence-electron chi connectivity index (χ4n) is 3.66. The van der Waals surface area contributed by atoms with E-state index in [1.165, 1.54) is 19.3 Å². The number of amides is 1. The molecule has 6 heteroatoms. The Morgan fingerprint density at radius 3 is 2.87 bits per heavy atom. The predicted octanol–water partition coefficient (Wildman–Crippen LogP) is 1.96. The number of ether oxygens (including phenoxy) is 1. The Bertz CT molecular complexity index is 485. The van der Waals surface area contributed by atoms with E-state index in [4.69, 9.17) is 4.74 Å². The van der Waals surface area contributed by atoms with Gasteiger partial charge in [-0.05, 0) is 19.4 Å². The smallest absolute Gasteiger partial charge is 0.248 e. The van der Waals surface area contributed by atoms with E-state index in [0.29, 0.717) is 6.54 Å². The van der Waals surface area contributed by atoms with E-state index in [1.807, 2.05) is 11.1 Å². The minimum Gasteiger partial charge on any atom is -0.368 e. The molecule has 0 radical (unpaired) electrons. The van der Waals surface area contributed by atoms with E-state index in [2.05, 4.69) is 21.8 Å². The largest absolute Gasteiger partial charge is 0.368 e. The molecule has 2 fully saturated rings. The molecule has 23 heavy (non-hydrogen) atoms. The summed E-state index contributed by atoms with van der Waals surface area (Å²) >= 11 is 0. The third-order valence-corrected chi connectivity index (χ3v) is 5.08. The van der Waals surface area contributed by atoms with Gasteiger partial charge in [-0.1, -0.05) is 26.2 Å². The topological polar surface area (TPSA) is 61.5 Å². The monoisotopic (exact) mass is 320 g/mol. The number of piperazine rings is 1. The molecule has 1 amide bonds. The predicted molar refractivity (Wildman–Crippen MR) is 88.0 cm³/mol. The van der Waals surface area contributed by atoms with Crippen LogP contribution < -0.4 is 0 Å². The van der Waals surface area contributed by atoms with Crippen LogP contribution in [0.3, 0.4) is 0 Å². The lowest BCUT2D eigenvalue weighted by molar-refractivity contribution is -0.142. The number of hydrogen-bond donors (Lipinski definition) is 1. The van der Waals surface area contributed by atoms with Crippen molar-refractivity contribution in [1.82, 2.24) is 19.8 Å². The average molecular weight is 320 g/mol. The first-order chi connectivity index (χ1) is 11.3. The van der Waals surface area contributed by atoms with Crippen LogP contribution in [0.15, 0.2) is 12.4 Å². The summed E-state index contributed by atoms with van der Waals surface area (Å²) in [6, 6.07) is 0.155. The molecule has 2 aliphatic rings. The van der Waals surface area contributed by atoms with Crippen LogP contribution in [0.4, 0.5) is 0 Å². The summed E-state index contributed by atoms with van der Waals surface area (Å²) in [7, 11) is 0. The molecule has 1 N–H and O–H groups in total. The SMILES string of the molecule is CCN1CCN(C(=O)COC2CCCCC2)C[C@@H]1c1ncc[nH]1. The number of nitrogens with one attached hydrogen (secondary N) is 1. The Labute approximate surface area is 138 Å². The van der Waals surface area contributed by atoms with Gasteiger partial charge in [-0.25, -0.2) is 4.98 Å². The number of carbonyl (C=O) groups is 1. The van der Waals surface area contributed by atoms with Gasteiger partial charge in [-0.3, -0.25) is 9.69 Å². The van der Waals surface area contributed by atoms with Crippen molar-refractivity contribution in [2.75, 3.05) is 32.8 Å². The Hall–Kier alpha value is -1.40. The fraction of sp³-hybridized carbons (Fsp3) is 0.765. The third-order valence-electron chi connectivity index (χ3n) is 5.08. The fourth-order valence-corrected chi connectivity index (χ4v) is 3.66. The van der Waals surface area contributed by atoms with Gasteiger partial charge in [0, 0.05) is 32.0 Å². The van der Waals surface area contributed by atoms with Crippen LogP contribution in [0.25, 0.3) is 0 Å². The lowest BCUT2D eigenvalue weighted by Crippen LogP contribution is -2.51. The summed E-state index contributed by atoms with van der Waals surface area (Å²) in [6.07, 6.45) is 9.87. The molecule has 0 bridgehead atoms. The van der Waals surface area contributed by atoms with Gasteiger partial charge in [-0.2, -0.15) is 0 Å². The van der Waals surface area contributed by atoms with Gasteiger partial charge >= 0.3 is 0 Å². The Morgan fingerprint density at radius 2 is 2.17 bits per heavy atom. The Balaban J connectivity index is 1.54. The van der Waals surface area contributed by atoms with E-state index >= 15 is 0 Å². The van der Waals surface area contributed by atoms with Crippen LogP contribution in [0, 0.1) is 0 Å². The number of aromatic nitrogens is 2. The number of imidazole rings is 1. The number of rotatable bonds is 5. The summed E-state index contributed by atoms with van der Waals surface area (Å²) in [6.45, 7) is 5.69. The minimum atomic E-state index is 0.114. The lowest BCUT2D eigenvalue weighted by Gasteiger charge is -2.40. The molecule has 1 saturated heterocycles. The van der Waals surface area contributed by atoms with Gasteiger partial charge in [0.2, 0.25) is 5.91 Å². The molecule has 128 valence electrons. The van der Waals surface area contributed by atoms with E-state index in [1.54, 1.807) is 6.20 Å². The van der Waals surface area contributed by atoms with Gasteiger partial charge < -0.3 is 14.6 Å². The quantitative estimate of drug-likeness (QED) is 0.901. The standard InChI is InChI=1S/C17H28N4O2/c1-2-20-10-11-21(12-15(20)17-18-8-9-19-17)16(22)13-23-14-6-4-3-5-7-14/h8-9,14-15H,2-7,10-13H2,1H3,(H,18,19)/t15-/m1/s1. The molecular formula is C17H28N4O2. The van der Waals surface area contributed by atoms with Crippen molar-refractivity contribution in [3.05, 3.63) is 18.2 Å². The second-order valence-electron chi connectivity index (χ2n) is 6.53. The summed E-state index contributed by atoms with van der Waals surface area (Å²) in [5.74, 6) is 1.06. The van der Waals surface area contributed by atoms with E-state index < -0.39 is 0 Å². The maximum Gasteiger partial charge on any atom is 0.248 e. The number of carbonyl (C=O) groups excluding carboxylic acids is 1. The highest BCUT2D eigenvalue weighted by Gasteiger charge is 2.31. The van der Waals surface area contributed by atoms with Crippen LogP contribution in [-0.4, -0.2) is 64.6 Å². The number of aromatic amines is 1. The molecule has 6 nitrogen and oxygen atoms in total. The van der Waals surface area contributed by atoms with Crippen molar-refractivity contribution in [1.29, 1.82) is 0 Å². The molecule has 1 atom stereocenters. The maximum atomic E-state index is 12.5. The zero-order valence-corrected chi connectivity index (χ0v) is 14.0. The first-order valence-electron chi connectivity index (χ1n) is 8.90. The molecular weight excluding hydrogens is 292 g/mol. The molecule has 3 rings (SSSR count). The summed E-state index contributed by atoms with van der Waals surface area (Å²) < 4.78 is 5.85. The van der Waals surface area contributed by atoms with Gasteiger partial charge in [0.05, 0.1) is 12.1 Å². The molecule has 0 aromatic carbocycles. The number of hydrogen-bond acceptors (Lipinski definition) is 4. The van der Waals surface area contributed by atoms with Crippen LogP contribution in [0.1, 0.15) is 50.9 Å². The molecule has 2 heterocycles. The summed E-state index contributed by atoms with van der Waals surface area (Å²) in [4.78, 5) is 24.4. The first kappa shape index (κ1) is 16.5. The molecule has 0 unspecified atom stereocenters. The highest BCUT2D eigenvalue weighted by molar-refractivity contribution is 5.77. The Morgan fingerprint density at radius 1 is 1.35 bits per heavy atom. The zero-order valence-electron chi connectivity index (χ0n) is 14.0. The second kappa shape index (κ2) is 7.93. The average Bonchev–Trinajstić information content (AvgIpc) is 3.14. The molecule has 1 saturated carbocycles. The maximum absolute atomic E-state index is 12.5. The van der Waals surface area contributed by atoms with Crippen LogP contribution >= 0.6 is 0 Å². The molecule has 0 spiro atoms. The van der Waals surface area contributed by atoms with Gasteiger partial charge in [-0.15, -0.1) is 0 Å². The van der Waals surface area contributed by atoms with Crippen molar-refractivity contribution in [2.45, 2.75) is 51.2 Å². The van der Waals surface area contributed by atoms with E-state index in [0.717, 1.165) is 38.3 Å². The zero-order chi connectivity index (χ0) is 16.1. The second-order valence-corrected chi connectivity index (χ2v) is 6.53. The highest BCUT2D eigenvalue weighted by atomic mass is 16.5. The van der Waals surface area contributed by atoms with Crippen molar-refractivity contribution in [2.24, 2.45) is 0 Å². The summed E-state index contributed by atoms with van der Waals surface area (Å²) in [5.41, 5.74) is 0. The van der Waals surface area contributed by atoms with Crippen molar-refractivity contribution >= 4 is 5.91 Å². The van der Waals surface area contributed by atoms with Gasteiger partial charge in [0.15, 0.2) is 0 Å². The third kappa shape index (κ3) is 4.12. The molecule has 1 aliphatic carbocycles. The van der Waals surface area contributed by atoms with Gasteiger partial charge in [0.1, 0.15) is 12.4 Å². The number of nitrogens with zero attached hydrogens (tertiary/aromatic N) is 3. The van der Waals surface area contributed by atoms with Crippen molar-refractivity contribution < 1.29 is 9.53 Å². The minimum absolute atomic E-state index is 0.114. The van der Waals surface area contributed by atoms with E-state index in [-0.39, 0.29) is 24.7 Å². The normalized spacial score (nSPS) is 24.0. The first-order valence-corrected chi connectivity index (χ1v) is 8.90. The lowest BCUT2D eigenvalue weighted by atomic mass is 9.98. The van der Waals surface area contributed by atoms with Crippen LogP contribution in [-0.2, 0) is 9.53 Å². The van der Waals surface area contributed by atoms with E-state index in [9.17, 15) is 4.79 Å². The summed E-state index contributed by atoms with van der Waals surface area (Å²) in [5, 5.41) is 0. The van der Waals surface area contributed by atoms with Crippen molar-refractivity contribution in [3.8, 4) is 0 Å². The van der Waals surface area contributed by atoms with Gasteiger partial charge in [0.25, 0.3) is 0 Å². The highest BCUT2D eigenvalue weighted by Crippen LogP contribution is 2.23. The van der Waals surface area contributed by atoms with Crippen molar-refractivity contribution in [3.63, 3.8) is 0 Å². The molecule has 1 aliphatic heterocycles. The number of likely N-dealkylation sites (N-methyl/N-ethyl adjacent to an activating group) is 1. The van der Waals surface area contributed by atoms with Crippen LogP contribution in [0.5, 0.6) is 0 Å². The molecule has 1 aromatic heterocycles. The number of H-pyrrole nitrogens is 1. The Kier molecular flexibility index (Phi) is 5.67. The van der Waals surface area contributed by atoms with Crippen LogP contribution in [0.2, 0.25) is 0 Å².